The molecule has 0 aliphatic carbocycles. The van der Waals surface area contributed by atoms with Crippen molar-refractivity contribution in [2.75, 3.05) is 18.5 Å². The van der Waals surface area contributed by atoms with E-state index in [1.165, 1.54) is 31.2 Å². The van der Waals surface area contributed by atoms with E-state index in [1.54, 1.807) is 6.92 Å². The summed E-state index contributed by atoms with van der Waals surface area (Å²) in [5.41, 5.74) is -0.393. The van der Waals surface area contributed by atoms with Crippen LogP contribution in [0.25, 0.3) is 0 Å². The third kappa shape index (κ3) is 7.30. The lowest BCUT2D eigenvalue weighted by atomic mass is 10.2. The Balaban J connectivity index is 1.82. The van der Waals surface area contributed by atoms with Gasteiger partial charge in [-0.3, -0.25) is 9.59 Å². The van der Waals surface area contributed by atoms with Crippen molar-refractivity contribution in [3.05, 3.63) is 54.1 Å². The van der Waals surface area contributed by atoms with Crippen LogP contribution in [0.15, 0.2) is 47.4 Å². The lowest BCUT2D eigenvalue weighted by Crippen LogP contribution is -2.32. The summed E-state index contributed by atoms with van der Waals surface area (Å²) in [6.07, 6.45) is -1.65. The number of halogens is 2. The molecule has 1 atom stereocenters. The maximum Gasteiger partial charge on any atom is 0.307 e. The summed E-state index contributed by atoms with van der Waals surface area (Å²) >= 11 is 0. The molecule has 2 rings (SSSR count). The Bertz CT molecular complexity index is 1030. The van der Waals surface area contributed by atoms with Crippen molar-refractivity contribution in [3.63, 3.8) is 0 Å². The second-order valence-electron chi connectivity index (χ2n) is 6.30. The van der Waals surface area contributed by atoms with Gasteiger partial charge in [-0.25, -0.2) is 21.9 Å². The number of esters is 1. The molecule has 0 radical (unpaired) electrons. The van der Waals surface area contributed by atoms with Gasteiger partial charge in [-0.15, -0.1) is 0 Å². The van der Waals surface area contributed by atoms with Crippen molar-refractivity contribution in [2.45, 2.75) is 31.3 Å². The number of amides is 1. The van der Waals surface area contributed by atoms with E-state index >= 15 is 0 Å². The average molecular weight is 456 g/mol. The summed E-state index contributed by atoms with van der Waals surface area (Å²) in [5, 5.41) is 2.12. The van der Waals surface area contributed by atoms with Crippen molar-refractivity contribution in [1.29, 1.82) is 0 Å². The highest BCUT2D eigenvalue weighted by Gasteiger charge is 2.20. The molecule has 0 aliphatic rings. The van der Waals surface area contributed by atoms with E-state index in [-0.39, 0.29) is 17.9 Å². The molecule has 0 aromatic heterocycles. The van der Waals surface area contributed by atoms with Crippen LogP contribution >= 0.6 is 0 Å². The molecule has 0 aliphatic heterocycles. The molecule has 2 N–H and O–H groups in total. The zero-order valence-corrected chi connectivity index (χ0v) is 17.7. The molecule has 31 heavy (non-hydrogen) atoms. The van der Waals surface area contributed by atoms with Gasteiger partial charge in [0, 0.05) is 12.6 Å². The van der Waals surface area contributed by atoms with Crippen LogP contribution in [0.3, 0.4) is 0 Å². The van der Waals surface area contributed by atoms with Crippen LogP contribution < -0.4 is 14.8 Å². The first-order valence-electron chi connectivity index (χ1n) is 9.30. The molecule has 168 valence electrons. The number of anilines is 1. The summed E-state index contributed by atoms with van der Waals surface area (Å²) in [7, 11) is -3.85. The lowest BCUT2D eigenvalue weighted by molar-refractivity contribution is -0.152. The van der Waals surface area contributed by atoms with E-state index in [2.05, 4.69) is 10.0 Å². The van der Waals surface area contributed by atoms with Gasteiger partial charge in [0.1, 0.15) is 17.4 Å². The predicted molar refractivity (Wildman–Crippen MR) is 108 cm³/mol. The third-order valence-corrected chi connectivity index (χ3v) is 5.41. The number of carbonyl (C=O) groups excluding carboxylic acids is 2. The molecular formula is C20H22F2N2O6S. The summed E-state index contributed by atoms with van der Waals surface area (Å²) < 4.78 is 63.6. The van der Waals surface area contributed by atoms with Crippen LogP contribution in [-0.2, 0) is 24.3 Å². The van der Waals surface area contributed by atoms with Crippen molar-refractivity contribution in [1.82, 2.24) is 4.72 Å². The van der Waals surface area contributed by atoms with Gasteiger partial charge in [-0.2, -0.15) is 0 Å². The van der Waals surface area contributed by atoms with Gasteiger partial charge in [0.2, 0.25) is 10.0 Å². The Hall–Kier alpha value is -3.05. The van der Waals surface area contributed by atoms with Gasteiger partial charge < -0.3 is 14.8 Å². The van der Waals surface area contributed by atoms with Crippen molar-refractivity contribution in [3.8, 4) is 5.75 Å². The molecule has 0 spiro atoms. The Morgan fingerprint density at radius 1 is 1.10 bits per heavy atom. The molecule has 1 amide bonds. The van der Waals surface area contributed by atoms with Gasteiger partial charge in [0.05, 0.1) is 23.6 Å². The molecule has 11 heteroatoms. The normalized spacial score (nSPS) is 12.1. The summed E-state index contributed by atoms with van der Waals surface area (Å²) in [5.74, 6) is -2.79. The van der Waals surface area contributed by atoms with E-state index in [1.807, 2.05) is 0 Å². The Kier molecular flexibility index (Phi) is 8.46. The van der Waals surface area contributed by atoms with Gasteiger partial charge in [0.15, 0.2) is 6.10 Å². The van der Waals surface area contributed by atoms with Gasteiger partial charge >= 0.3 is 5.97 Å². The van der Waals surface area contributed by atoms with Crippen LogP contribution in [0.1, 0.15) is 20.3 Å². The third-order valence-electron chi connectivity index (χ3n) is 3.93. The average Bonchev–Trinajstić information content (AvgIpc) is 2.71. The number of ether oxygens (including phenoxy) is 2. The molecule has 1 unspecified atom stereocenters. The van der Waals surface area contributed by atoms with E-state index < -0.39 is 45.3 Å². The molecule has 0 saturated heterocycles. The fraction of sp³-hybridized carbons (Fsp3) is 0.300. The number of benzene rings is 2. The minimum Gasteiger partial charge on any atom is -0.494 e. The summed E-state index contributed by atoms with van der Waals surface area (Å²) in [6, 6.07) is 8.27. The molecule has 0 fully saturated rings. The highest BCUT2D eigenvalue weighted by Crippen LogP contribution is 2.17. The summed E-state index contributed by atoms with van der Waals surface area (Å²) in [4.78, 5) is 23.9. The highest BCUT2D eigenvalue weighted by molar-refractivity contribution is 7.89. The van der Waals surface area contributed by atoms with Crippen molar-refractivity contribution in [2.24, 2.45) is 0 Å². The maximum atomic E-state index is 13.6. The van der Waals surface area contributed by atoms with E-state index in [9.17, 15) is 26.8 Å². The second kappa shape index (κ2) is 10.8. The minimum absolute atomic E-state index is 0.00538. The quantitative estimate of drug-likeness (QED) is 0.532. The molecular weight excluding hydrogens is 434 g/mol. The molecule has 2 aromatic rings. The Labute approximate surface area is 178 Å². The first-order chi connectivity index (χ1) is 14.6. The zero-order chi connectivity index (χ0) is 23.0. The number of hydrogen-bond donors (Lipinski definition) is 2. The maximum absolute atomic E-state index is 13.6. The molecule has 8 nitrogen and oxygen atoms in total. The van der Waals surface area contributed by atoms with Gasteiger partial charge in [0.25, 0.3) is 5.91 Å². The molecule has 0 saturated carbocycles. The van der Waals surface area contributed by atoms with Gasteiger partial charge in [-0.1, -0.05) is 0 Å². The smallest absolute Gasteiger partial charge is 0.307 e. The lowest BCUT2D eigenvalue weighted by Gasteiger charge is -2.14. The Morgan fingerprint density at radius 2 is 1.77 bits per heavy atom. The van der Waals surface area contributed by atoms with Crippen LogP contribution in [-0.4, -0.2) is 39.5 Å². The van der Waals surface area contributed by atoms with Crippen molar-refractivity contribution < 1.29 is 36.3 Å². The standard InChI is InChI=1S/C20H22F2N2O6S/c1-3-29-15-5-7-16(8-6-15)31(27,28)23-11-10-19(25)30-13(2)20(26)24-18-12-14(21)4-9-17(18)22/h4-9,12-13,23H,3,10-11H2,1-2H3,(H,24,26). The first kappa shape index (κ1) is 24.2. The fourth-order valence-electron chi connectivity index (χ4n) is 2.39. The van der Waals surface area contributed by atoms with E-state index in [0.717, 1.165) is 18.2 Å². The SMILES string of the molecule is CCOc1ccc(S(=O)(=O)NCCC(=O)OC(C)C(=O)Nc2cc(F)ccc2F)cc1. The zero-order valence-electron chi connectivity index (χ0n) is 16.9. The van der Waals surface area contributed by atoms with Crippen LogP contribution in [0.4, 0.5) is 14.5 Å². The fourth-order valence-corrected chi connectivity index (χ4v) is 3.42. The number of hydrogen-bond acceptors (Lipinski definition) is 6. The number of nitrogens with one attached hydrogen (secondary N) is 2. The van der Waals surface area contributed by atoms with Crippen LogP contribution in [0, 0.1) is 11.6 Å². The monoisotopic (exact) mass is 456 g/mol. The minimum atomic E-state index is -3.85. The van der Waals surface area contributed by atoms with Crippen LogP contribution in [0.2, 0.25) is 0 Å². The largest absolute Gasteiger partial charge is 0.494 e. The van der Waals surface area contributed by atoms with Crippen molar-refractivity contribution >= 4 is 27.6 Å². The predicted octanol–water partition coefficient (Wildman–Crippen LogP) is 2.60. The number of carbonyl (C=O) groups is 2. The topological polar surface area (TPSA) is 111 Å². The highest BCUT2D eigenvalue weighted by atomic mass is 32.2. The number of sulfonamides is 1. The first-order valence-corrected chi connectivity index (χ1v) is 10.8. The van der Waals surface area contributed by atoms with Gasteiger partial charge in [-0.05, 0) is 50.2 Å². The molecule has 0 bridgehead atoms. The number of rotatable bonds is 10. The molecule has 2 aromatic carbocycles. The summed E-state index contributed by atoms with van der Waals surface area (Å²) in [6.45, 7) is 3.23. The van der Waals surface area contributed by atoms with E-state index in [4.69, 9.17) is 9.47 Å². The second-order valence-corrected chi connectivity index (χ2v) is 8.06. The molecule has 0 heterocycles. The van der Waals surface area contributed by atoms with Crippen LogP contribution in [0.5, 0.6) is 5.75 Å². The Morgan fingerprint density at radius 3 is 2.42 bits per heavy atom. The van der Waals surface area contributed by atoms with E-state index in [0.29, 0.717) is 12.4 Å².